The Bertz CT molecular complexity index is 396. The van der Waals surface area contributed by atoms with Crippen LogP contribution in [0.25, 0.3) is 0 Å². The number of rotatable bonds is 6. The molecule has 1 rings (SSSR count). The molecule has 1 aromatic rings. The fourth-order valence-electron chi connectivity index (χ4n) is 2.22. The lowest BCUT2D eigenvalue weighted by Gasteiger charge is -2.22. The van der Waals surface area contributed by atoms with Gasteiger partial charge in [0, 0.05) is 6.04 Å². The molecule has 0 aliphatic heterocycles. The molecule has 5 heteroatoms. The predicted octanol–water partition coefficient (Wildman–Crippen LogP) is 2.11. The Kier molecular flexibility index (Phi) is 5.19. The Hall–Kier alpha value is -1.52. The van der Waals surface area contributed by atoms with Gasteiger partial charge in [-0.25, -0.2) is 0 Å². The molecule has 102 valence electrons. The lowest BCUT2D eigenvalue weighted by Crippen LogP contribution is -2.38. The first-order valence-corrected chi connectivity index (χ1v) is 6.68. The minimum Gasteiger partial charge on any atom is -0.395 e. The molecule has 0 aliphatic rings. The van der Waals surface area contributed by atoms with Crippen molar-refractivity contribution in [2.24, 2.45) is 5.92 Å². The van der Waals surface area contributed by atoms with Gasteiger partial charge < -0.3 is 11.1 Å². The molecule has 1 aromatic heterocycles. The molecule has 1 atom stereocenters. The van der Waals surface area contributed by atoms with Crippen LogP contribution in [-0.2, 0) is 6.42 Å². The van der Waals surface area contributed by atoms with Crippen molar-refractivity contribution in [1.82, 2.24) is 15.5 Å². The highest BCUT2D eigenvalue weighted by molar-refractivity contribution is 5.97. The molecule has 5 nitrogen and oxygen atoms in total. The normalized spacial score (nSPS) is 12.7. The van der Waals surface area contributed by atoms with Crippen LogP contribution >= 0.6 is 0 Å². The minimum absolute atomic E-state index is 0.133. The standard InChI is InChI=1S/C13H24N4O/c1-5-9(6-2)8(4)15-13(18)12-11(14)10(7-3)16-17-12/h8-9H,5-7,14H2,1-4H3,(H,15,18)(H,16,17). The molecular formula is C13H24N4O. The molecule has 0 bridgehead atoms. The largest absolute Gasteiger partial charge is 0.395 e. The molecule has 1 heterocycles. The minimum atomic E-state index is -0.192. The quantitative estimate of drug-likeness (QED) is 0.725. The van der Waals surface area contributed by atoms with Gasteiger partial charge in [-0.15, -0.1) is 0 Å². The molecule has 4 N–H and O–H groups in total. The maximum absolute atomic E-state index is 12.1. The van der Waals surface area contributed by atoms with Gasteiger partial charge in [-0.2, -0.15) is 5.10 Å². The Balaban J connectivity index is 2.73. The van der Waals surface area contributed by atoms with Crippen LogP contribution in [0.5, 0.6) is 0 Å². The summed E-state index contributed by atoms with van der Waals surface area (Å²) in [6, 6.07) is 0.133. The zero-order chi connectivity index (χ0) is 13.7. The number of carbonyl (C=O) groups excluding carboxylic acids is 1. The van der Waals surface area contributed by atoms with Crippen LogP contribution in [0.4, 0.5) is 5.69 Å². The average molecular weight is 252 g/mol. The monoisotopic (exact) mass is 252 g/mol. The summed E-state index contributed by atoms with van der Waals surface area (Å²) < 4.78 is 0. The lowest BCUT2D eigenvalue weighted by atomic mass is 9.95. The van der Waals surface area contributed by atoms with Crippen LogP contribution in [0.2, 0.25) is 0 Å². The zero-order valence-electron chi connectivity index (χ0n) is 11.7. The number of anilines is 1. The van der Waals surface area contributed by atoms with E-state index in [-0.39, 0.29) is 11.9 Å². The van der Waals surface area contributed by atoms with E-state index >= 15 is 0 Å². The van der Waals surface area contributed by atoms with Crippen molar-refractivity contribution in [2.45, 2.75) is 53.0 Å². The number of nitrogens with two attached hydrogens (primary N) is 1. The first kappa shape index (κ1) is 14.5. The fraction of sp³-hybridized carbons (Fsp3) is 0.692. The van der Waals surface area contributed by atoms with E-state index in [2.05, 4.69) is 29.4 Å². The van der Waals surface area contributed by atoms with Gasteiger partial charge in [0.2, 0.25) is 0 Å². The second-order valence-electron chi connectivity index (χ2n) is 4.66. The summed E-state index contributed by atoms with van der Waals surface area (Å²) in [4.78, 5) is 12.1. The summed E-state index contributed by atoms with van der Waals surface area (Å²) >= 11 is 0. The molecule has 0 fully saturated rings. The van der Waals surface area contributed by atoms with Crippen molar-refractivity contribution in [3.05, 3.63) is 11.4 Å². The molecule has 0 spiro atoms. The Labute approximate surface area is 109 Å². The predicted molar refractivity (Wildman–Crippen MR) is 73.4 cm³/mol. The van der Waals surface area contributed by atoms with Gasteiger partial charge in [0.05, 0.1) is 11.4 Å². The summed E-state index contributed by atoms with van der Waals surface area (Å²) in [5.74, 6) is 0.294. The maximum atomic E-state index is 12.1. The summed E-state index contributed by atoms with van der Waals surface area (Å²) in [7, 11) is 0. The number of H-pyrrole nitrogens is 1. The number of nitrogens with zero attached hydrogens (tertiary/aromatic N) is 1. The Morgan fingerprint density at radius 2 is 2.00 bits per heavy atom. The number of aromatic nitrogens is 2. The highest BCUT2D eigenvalue weighted by Gasteiger charge is 2.21. The molecule has 0 aromatic carbocycles. The van der Waals surface area contributed by atoms with Crippen LogP contribution in [0.15, 0.2) is 0 Å². The number of nitrogen functional groups attached to an aromatic ring is 1. The molecule has 18 heavy (non-hydrogen) atoms. The average Bonchev–Trinajstić information content (AvgIpc) is 2.71. The molecule has 0 radical (unpaired) electrons. The van der Waals surface area contributed by atoms with Crippen molar-refractivity contribution in [3.8, 4) is 0 Å². The molecule has 0 aliphatic carbocycles. The van der Waals surface area contributed by atoms with E-state index in [1.807, 2.05) is 13.8 Å². The van der Waals surface area contributed by atoms with Crippen LogP contribution in [0.3, 0.4) is 0 Å². The van der Waals surface area contributed by atoms with E-state index < -0.39 is 0 Å². The molecule has 0 saturated carbocycles. The molecular weight excluding hydrogens is 228 g/mol. The van der Waals surface area contributed by atoms with E-state index in [1.54, 1.807) is 0 Å². The second kappa shape index (κ2) is 6.42. The Morgan fingerprint density at radius 3 is 2.44 bits per heavy atom. The number of hydrogen-bond donors (Lipinski definition) is 3. The van der Waals surface area contributed by atoms with Crippen LogP contribution in [0, 0.1) is 5.92 Å². The molecule has 1 amide bonds. The first-order valence-electron chi connectivity index (χ1n) is 6.68. The summed E-state index contributed by atoms with van der Waals surface area (Å²) in [6.45, 7) is 8.27. The lowest BCUT2D eigenvalue weighted by molar-refractivity contribution is 0.0921. The van der Waals surface area contributed by atoms with E-state index in [0.717, 1.165) is 25.0 Å². The van der Waals surface area contributed by atoms with Crippen molar-refractivity contribution in [1.29, 1.82) is 0 Å². The van der Waals surface area contributed by atoms with Crippen molar-refractivity contribution >= 4 is 11.6 Å². The number of hydrogen-bond acceptors (Lipinski definition) is 3. The highest BCUT2D eigenvalue weighted by atomic mass is 16.2. The van der Waals surface area contributed by atoms with Gasteiger partial charge in [0.25, 0.3) is 5.91 Å². The molecule has 0 saturated heterocycles. The SMILES string of the molecule is CCc1[nH]nc(C(=O)NC(C)C(CC)CC)c1N. The number of nitrogens with one attached hydrogen (secondary N) is 2. The summed E-state index contributed by atoms with van der Waals surface area (Å²) in [5, 5.41) is 9.76. The van der Waals surface area contributed by atoms with E-state index in [4.69, 9.17) is 5.73 Å². The van der Waals surface area contributed by atoms with Gasteiger partial charge in [-0.3, -0.25) is 9.89 Å². The van der Waals surface area contributed by atoms with Gasteiger partial charge >= 0.3 is 0 Å². The van der Waals surface area contributed by atoms with E-state index in [9.17, 15) is 4.79 Å². The summed E-state index contributed by atoms with van der Waals surface area (Å²) in [6.07, 6.45) is 2.84. The van der Waals surface area contributed by atoms with Gasteiger partial charge in [-0.1, -0.05) is 33.6 Å². The van der Waals surface area contributed by atoms with Crippen molar-refractivity contribution in [3.63, 3.8) is 0 Å². The number of aryl methyl sites for hydroxylation is 1. The van der Waals surface area contributed by atoms with E-state index in [0.29, 0.717) is 17.3 Å². The third-order valence-electron chi connectivity index (χ3n) is 3.57. The Morgan fingerprint density at radius 1 is 1.39 bits per heavy atom. The van der Waals surface area contributed by atoms with Crippen LogP contribution in [-0.4, -0.2) is 22.1 Å². The first-order chi connectivity index (χ1) is 8.54. The number of amides is 1. The van der Waals surface area contributed by atoms with Gasteiger partial charge in [0.15, 0.2) is 5.69 Å². The number of aromatic amines is 1. The topological polar surface area (TPSA) is 83.8 Å². The van der Waals surface area contributed by atoms with Gasteiger partial charge in [-0.05, 0) is 19.3 Å². The third kappa shape index (κ3) is 3.03. The van der Waals surface area contributed by atoms with Crippen molar-refractivity contribution < 1.29 is 4.79 Å². The summed E-state index contributed by atoms with van der Waals surface area (Å²) in [5.41, 5.74) is 7.47. The third-order valence-corrected chi connectivity index (χ3v) is 3.57. The van der Waals surface area contributed by atoms with E-state index in [1.165, 1.54) is 0 Å². The highest BCUT2D eigenvalue weighted by Crippen LogP contribution is 2.16. The van der Waals surface area contributed by atoms with Gasteiger partial charge in [0.1, 0.15) is 0 Å². The maximum Gasteiger partial charge on any atom is 0.274 e. The smallest absolute Gasteiger partial charge is 0.274 e. The number of carbonyl (C=O) groups is 1. The van der Waals surface area contributed by atoms with Crippen LogP contribution in [0.1, 0.15) is 56.7 Å². The molecule has 1 unspecified atom stereocenters. The zero-order valence-corrected chi connectivity index (χ0v) is 11.7. The fourth-order valence-corrected chi connectivity index (χ4v) is 2.22. The second-order valence-corrected chi connectivity index (χ2v) is 4.66. The van der Waals surface area contributed by atoms with Crippen molar-refractivity contribution in [2.75, 3.05) is 5.73 Å². The van der Waals surface area contributed by atoms with Crippen LogP contribution < -0.4 is 11.1 Å².